The number of hydrogen-bond acceptors (Lipinski definition) is 6. The summed E-state index contributed by atoms with van der Waals surface area (Å²) < 4.78 is 5.75. The third-order valence-electron chi connectivity index (χ3n) is 9.49. The van der Waals surface area contributed by atoms with Crippen LogP contribution in [0.3, 0.4) is 0 Å². The Morgan fingerprint density at radius 1 is 1.16 bits per heavy atom. The molecule has 32 heavy (non-hydrogen) atoms. The Morgan fingerprint density at radius 2 is 1.94 bits per heavy atom. The fourth-order valence-corrected chi connectivity index (χ4v) is 8.30. The van der Waals surface area contributed by atoms with Gasteiger partial charge in [-0.3, -0.25) is 4.79 Å². The molecule has 0 spiro atoms. The molecule has 3 heterocycles. The van der Waals surface area contributed by atoms with Gasteiger partial charge in [0, 0.05) is 24.7 Å². The van der Waals surface area contributed by atoms with Crippen LogP contribution in [0.15, 0.2) is 6.20 Å². The molecular weight excluding hydrogens is 404 g/mol. The van der Waals surface area contributed by atoms with Gasteiger partial charge in [-0.2, -0.15) is 0 Å². The van der Waals surface area contributed by atoms with Crippen molar-refractivity contribution in [1.82, 2.24) is 15.3 Å². The quantitative estimate of drug-likeness (QED) is 0.752. The molecule has 1 aromatic rings. The van der Waals surface area contributed by atoms with Gasteiger partial charge < -0.3 is 20.1 Å². The van der Waals surface area contributed by atoms with Crippen LogP contribution in [0.25, 0.3) is 0 Å². The number of morpholine rings is 1. The maximum atomic E-state index is 13.6. The summed E-state index contributed by atoms with van der Waals surface area (Å²) in [6, 6.07) is 0.553. The lowest BCUT2D eigenvalue weighted by Gasteiger charge is -2.58. The van der Waals surface area contributed by atoms with Crippen molar-refractivity contribution in [2.24, 2.45) is 17.8 Å². The van der Waals surface area contributed by atoms with Crippen molar-refractivity contribution in [3.63, 3.8) is 0 Å². The molecule has 6 bridgehead atoms. The van der Waals surface area contributed by atoms with Crippen LogP contribution in [0.5, 0.6) is 0 Å². The van der Waals surface area contributed by atoms with Crippen molar-refractivity contribution in [2.75, 3.05) is 18.1 Å². The maximum absolute atomic E-state index is 13.6. The van der Waals surface area contributed by atoms with Crippen molar-refractivity contribution in [3.8, 4) is 0 Å². The molecule has 8 rings (SSSR count). The predicted octanol–water partition coefficient (Wildman–Crippen LogP) is 2.78. The number of hydrogen-bond donors (Lipinski definition) is 2. The molecule has 0 aromatic carbocycles. The Kier molecular flexibility index (Phi) is 4.39. The number of fused-ring (bicyclic) bond motifs is 2. The highest BCUT2D eigenvalue weighted by molar-refractivity contribution is 5.95. The number of ether oxygens (including phenoxy) is 1. The van der Waals surface area contributed by atoms with E-state index in [0.717, 1.165) is 76.2 Å². The van der Waals surface area contributed by atoms with E-state index in [1.807, 2.05) is 0 Å². The van der Waals surface area contributed by atoms with Crippen molar-refractivity contribution in [3.05, 3.63) is 17.5 Å². The minimum absolute atomic E-state index is 0.00538. The summed E-state index contributed by atoms with van der Waals surface area (Å²) >= 11 is 0. The molecule has 1 amide bonds. The van der Waals surface area contributed by atoms with E-state index in [1.54, 1.807) is 6.20 Å². The molecule has 4 atom stereocenters. The van der Waals surface area contributed by atoms with Gasteiger partial charge in [0.05, 0.1) is 35.6 Å². The predicted molar refractivity (Wildman–Crippen MR) is 118 cm³/mol. The van der Waals surface area contributed by atoms with Gasteiger partial charge in [0.25, 0.3) is 5.91 Å². The molecule has 2 N–H and O–H groups in total. The van der Waals surface area contributed by atoms with E-state index in [4.69, 9.17) is 9.72 Å². The molecular formula is C25H34N4O3. The zero-order valence-corrected chi connectivity index (χ0v) is 18.7. The Labute approximate surface area is 189 Å². The normalized spacial score (nSPS) is 42.2. The molecule has 5 saturated carbocycles. The number of aliphatic hydroxyl groups is 1. The molecule has 2 aliphatic heterocycles. The van der Waals surface area contributed by atoms with E-state index in [9.17, 15) is 9.90 Å². The number of carbonyl (C=O) groups is 1. The third kappa shape index (κ3) is 3.11. The molecule has 7 fully saturated rings. The zero-order valence-electron chi connectivity index (χ0n) is 18.7. The highest BCUT2D eigenvalue weighted by Crippen LogP contribution is 2.55. The van der Waals surface area contributed by atoms with Crippen LogP contribution in [-0.4, -0.2) is 57.9 Å². The van der Waals surface area contributed by atoms with Gasteiger partial charge >= 0.3 is 0 Å². The summed E-state index contributed by atoms with van der Waals surface area (Å²) in [4.78, 5) is 25.6. The second-order valence-corrected chi connectivity index (χ2v) is 11.6. The summed E-state index contributed by atoms with van der Waals surface area (Å²) in [7, 11) is 0. The fraction of sp³-hybridized carbons (Fsp3) is 0.800. The van der Waals surface area contributed by atoms with Crippen molar-refractivity contribution in [2.45, 2.75) is 93.9 Å². The number of nitrogens with one attached hydrogen (secondary N) is 1. The van der Waals surface area contributed by atoms with Crippen LogP contribution < -0.4 is 10.2 Å². The van der Waals surface area contributed by atoms with Gasteiger partial charge in [0.15, 0.2) is 0 Å². The molecule has 7 aliphatic rings. The lowest BCUT2D eigenvalue weighted by Crippen LogP contribution is -2.61. The highest BCUT2D eigenvalue weighted by Gasteiger charge is 2.55. The first-order valence-electron chi connectivity index (χ1n) is 12.8. The van der Waals surface area contributed by atoms with Gasteiger partial charge in [-0.25, -0.2) is 9.97 Å². The summed E-state index contributed by atoms with van der Waals surface area (Å²) in [5, 5.41) is 14.3. The van der Waals surface area contributed by atoms with Crippen molar-refractivity contribution >= 4 is 11.9 Å². The van der Waals surface area contributed by atoms with Gasteiger partial charge in [-0.15, -0.1) is 0 Å². The van der Waals surface area contributed by atoms with Crippen LogP contribution in [0.1, 0.15) is 86.2 Å². The lowest BCUT2D eigenvalue weighted by molar-refractivity contribution is -0.136. The largest absolute Gasteiger partial charge is 0.390 e. The van der Waals surface area contributed by atoms with Crippen LogP contribution in [0, 0.1) is 17.8 Å². The number of anilines is 1. The summed E-state index contributed by atoms with van der Waals surface area (Å²) in [6.45, 7) is 1.61. The van der Waals surface area contributed by atoms with E-state index < -0.39 is 5.60 Å². The first kappa shape index (κ1) is 19.7. The standard InChI is InChI=1S/C25H34N4O3/c30-23(27-21-16-5-14-6-17(21)10-25(31,8-14)9-16)20-11-26-24(28-22(20)15-3-1-2-4-15)29-12-19-7-18(29)13-32-19/h11,14-19,21,31H,1-10,12-13H2,(H,27,30)/t14?,16?,17?,18-,19-,21-,25+/m0/s1. The topological polar surface area (TPSA) is 87.6 Å². The molecule has 7 heteroatoms. The molecule has 2 unspecified atom stereocenters. The van der Waals surface area contributed by atoms with E-state index in [1.165, 1.54) is 12.8 Å². The van der Waals surface area contributed by atoms with Crippen molar-refractivity contribution in [1.29, 1.82) is 0 Å². The lowest BCUT2D eigenvalue weighted by atomic mass is 9.52. The SMILES string of the molecule is O=C(N[C@H]1C2CC3CC1C[C@@](O)(C3)C2)c1cnc(N2C[C@@H]3C[C@H]2CO3)nc1C1CCCC1. The third-order valence-corrected chi connectivity index (χ3v) is 9.49. The van der Waals surface area contributed by atoms with Crippen LogP contribution in [-0.2, 0) is 4.74 Å². The Morgan fingerprint density at radius 3 is 2.59 bits per heavy atom. The summed E-state index contributed by atoms with van der Waals surface area (Å²) in [6.07, 6.45) is 12.7. The molecule has 0 radical (unpaired) electrons. The Balaban J connectivity index is 1.16. The number of carbonyl (C=O) groups excluding carboxylic acids is 1. The average molecular weight is 439 g/mol. The van der Waals surface area contributed by atoms with Gasteiger partial charge in [0.2, 0.25) is 5.95 Å². The van der Waals surface area contributed by atoms with E-state index in [2.05, 4.69) is 15.2 Å². The van der Waals surface area contributed by atoms with Gasteiger partial charge in [-0.05, 0) is 69.1 Å². The molecule has 172 valence electrons. The van der Waals surface area contributed by atoms with Gasteiger partial charge in [0.1, 0.15) is 0 Å². The van der Waals surface area contributed by atoms with Crippen molar-refractivity contribution < 1.29 is 14.6 Å². The second-order valence-electron chi connectivity index (χ2n) is 11.6. The Hall–Kier alpha value is -1.73. The van der Waals surface area contributed by atoms with Crippen LogP contribution in [0.4, 0.5) is 5.95 Å². The minimum atomic E-state index is -0.476. The van der Waals surface area contributed by atoms with E-state index in [0.29, 0.717) is 41.4 Å². The van der Waals surface area contributed by atoms with Crippen LogP contribution in [0.2, 0.25) is 0 Å². The second kappa shape index (κ2) is 7.13. The monoisotopic (exact) mass is 438 g/mol. The Bertz CT molecular complexity index is 916. The first-order valence-corrected chi connectivity index (χ1v) is 12.8. The number of aromatic nitrogens is 2. The van der Waals surface area contributed by atoms with E-state index >= 15 is 0 Å². The number of nitrogens with zero attached hydrogens (tertiary/aromatic N) is 3. The zero-order chi connectivity index (χ0) is 21.4. The summed E-state index contributed by atoms with van der Waals surface area (Å²) in [5.41, 5.74) is 1.15. The smallest absolute Gasteiger partial charge is 0.254 e. The number of amides is 1. The minimum Gasteiger partial charge on any atom is -0.390 e. The van der Waals surface area contributed by atoms with Gasteiger partial charge in [-0.1, -0.05) is 12.8 Å². The number of rotatable bonds is 4. The summed E-state index contributed by atoms with van der Waals surface area (Å²) in [5.74, 6) is 2.58. The maximum Gasteiger partial charge on any atom is 0.254 e. The molecule has 2 saturated heterocycles. The van der Waals surface area contributed by atoms with Crippen LogP contribution >= 0.6 is 0 Å². The molecule has 5 aliphatic carbocycles. The molecule has 1 aromatic heterocycles. The molecule has 7 nitrogen and oxygen atoms in total. The van der Waals surface area contributed by atoms with E-state index in [-0.39, 0.29) is 11.9 Å². The first-order chi connectivity index (χ1) is 15.5. The average Bonchev–Trinajstić information content (AvgIpc) is 3.53. The highest BCUT2D eigenvalue weighted by atomic mass is 16.5. The fourth-order valence-electron chi connectivity index (χ4n) is 8.30.